The third-order valence-corrected chi connectivity index (χ3v) is 4.99. The number of halogens is 1. The van der Waals surface area contributed by atoms with Crippen LogP contribution >= 0.6 is 15.9 Å². The Labute approximate surface area is 132 Å². The maximum absolute atomic E-state index is 5.11. The molecule has 0 aromatic heterocycles. The number of nitrogens with zero attached hydrogens (tertiary/aromatic N) is 2. The summed E-state index contributed by atoms with van der Waals surface area (Å²) in [6, 6.07) is 16.8. The van der Waals surface area contributed by atoms with Gasteiger partial charge in [-0.2, -0.15) is 0 Å². The predicted molar refractivity (Wildman–Crippen MR) is 90.8 cm³/mol. The molecule has 0 fully saturated rings. The summed E-state index contributed by atoms with van der Waals surface area (Å²) in [5.41, 5.74) is 5.64. The Hall–Kier alpha value is -1.74. The molecule has 2 aliphatic heterocycles. The molecule has 0 amide bonds. The molecule has 0 bridgehead atoms. The molecule has 104 valence electrons. The Morgan fingerprint density at radius 2 is 1.81 bits per heavy atom. The number of aliphatic imine (C=N–C) groups is 2. The molecule has 2 heterocycles. The van der Waals surface area contributed by atoms with Gasteiger partial charge in [-0.1, -0.05) is 46.3 Å². The molecule has 0 saturated heterocycles. The minimum absolute atomic E-state index is 0.223. The second-order valence-electron chi connectivity index (χ2n) is 5.64. The van der Waals surface area contributed by atoms with Crippen molar-refractivity contribution in [3.63, 3.8) is 0 Å². The van der Waals surface area contributed by atoms with Crippen LogP contribution in [0.1, 0.15) is 30.9 Å². The van der Waals surface area contributed by atoms with E-state index in [0.29, 0.717) is 0 Å². The lowest BCUT2D eigenvalue weighted by atomic mass is 9.85. The molecule has 21 heavy (non-hydrogen) atoms. The van der Waals surface area contributed by atoms with Crippen LogP contribution in [0.25, 0.3) is 0 Å². The Morgan fingerprint density at radius 3 is 2.62 bits per heavy atom. The molecule has 0 saturated carbocycles. The number of fused-ring (bicyclic) bond motifs is 2. The predicted octanol–water partition coefficient (Wildman–Crippen LogP) is 5.03. The number of para-hydroxylation sites is 1. The fourth-order valence-electron chi connectivity index (χ4n) is 3.34. The molecule has 4 rings (SSSR count). The van der Waals surface area contributed by atoms with E-state index in [0.717, 1.165) is 28.7 Å². The molecule has 0 radical (unpaired) electrons. The van der Waals surface area contributed by atoms with Crippen molar-refractivity contribution >= 4 is 33.0 Å². The number of hydrogen-bond acceptors (Lipinski definition) is 2. The molecule has 2 aliphatic rings. The molecule has 1 spiro atoms. The second kappa shape index (κ2) is 4.63. The molecule has 0 aliphatic carbocycles. The zero-order valence-corrected chi connectivity index (χ0v) is 13.4. The first kappa shape index (κ1) is 13.0. The van der Waals surface area contributed by atoms with Crippen LogP contribution in [0.3, 0.4) is 0 Å². The molecule has 2 aromatic carbocycles. The molecule has 3 heteroatoms. The minimum atomic E-state index is -0.223. The van der Waals surface area contributed by atoms with Gasteiger partial charge in [0, 0.05) is 21.5 Å². The van der Waals surface area contributed by atoms with Crippen LogP contribution in [0.2, 0.25) is 0 Å². The van der Waals surface area contributed by atoms with Crippen molar-refractivity contribution in [1.29, 1.82) is 0 Å². The Kier molecular flexibility index (Phi) is 2.86. The lowest BCUT2D eigenvalue weighted by Crippen LogP contribution is -2.26. The molecular formula is C18H15BrN2. The maximum Gasteiger partial charge on any atom is 0.126 e. The van der Waals surface area contributed by atoms with E-state index in [1.807, 2.05) is 6.07 Å². The summed E-state index contributed by atoms with van der Waals surface area (Å²) in [5, 5.41) is 0. The quantitative estimate of drug-likeness (QED) is 0.696. The zero-order chi connectivity index (χ0) is 14.4. The van der Waals surface area contributed by atoms with Crippen LogP contribution in [-0.4, -0.2) is 11.4 Å². The van der Waals surface area contributed by atoms with Gasteiger partial charge >= 0.3 is 0 Å². The highest BCUT2D eigenvalue weighted by Gasteiger charge is 2.44. The van der Waals surface area contributed by atoms with Gasteiger partial charge in [0.05, 0.1) is 5.69 Å². The highest BCUT2D eigenvalue weighted by Crippen LogP contribution is 2.47. The molecule has 2 aromatic rings. The van der Waals surface area contributed by atoms with E-state index in [9.17, 15) is 0 Å². The standard InChI is InChI=1S/C18H15BrN2/c1-12-18(15-4-2-3-5-17(15)20-12)11-10-16(21-18)13-6-8-14(19)9-7-13/h2-9H,10-11H2,1H3. The van der Waals surface area contributed by atoms with Gasteiger partial charge in [0.1, 0.15) is 5.54 Å². The summed E-state index contributed by atoms with van der Waals surface area (Å²) in [6.07, 6.45) is 2.02. The first-order valence-corrected chi connectivity index (χ1v) is 7.98. The molecule has 0 N–H and O–H groups in total. The summed E-state index contributed by atoms with van der Waals surface area (Å²) in [5.74, 6) is 0. The van der Waals surface area contributed by atoms with Crippen LogP contribution in [0.15, 0.2) is 63.0 Å². The van der Waals surface area contributed by atoms with Gasteiger partial charge in [0.25, 0.3) is 0 Å². The van der Waals surface area contributed by atoms with Gasteiger partial charge in [-0.25, -0.2) is 0 Å². The average Bonchev–Trinajstić information content (AvgIpc) is 3.05. The van der Waals surface area contributed by atoms with Gasteiger partial charge in [-0.05, 0) is 43.5 Å². The van der Waals surface area contributed by atoms with E-state index < -0.39 is 0 Å². The van der Waals surface area contributed by atoms with Crippen LogP contribution < -0.4 is 0 Å². The minimum Gasteiger partial charge on any atom is -0.272 e. The van der Waals surface area contributed by atoms with Gasteiger partial charge in [-0.3, -0.25) is 9.98 Å². The first-order valence-electron chi connectivity index (χ1n) is 7.19. The van der Waals surface area contributed by atoms with Crippen molar-refractivity contribution in [2.24, 2.45) is 9.98 Å². The van der Waals surface area contributed by atoms with Crippen molar-refractivity contribution < 1.29 is 0 Å². The van der Waals surface area contributed by atoms with Crippen molar-refractivity contribution in [2.45, 2.75) is 25.3 Å². The topological polar surface area (TPSA) is 24.7 Å². The molecule has 1 unspecified atom stereocenters. The first-order chi connectivity index (χ1) is 10.2. The lowest BCUT2D eigenvalue weighted by molar-refractivity contribution is 0.614. The van der Waals surface area contributed by atoms with E-state index in [-0.39, 0.29) is 5.54 Å². The summed E-state index contributed by atoms with van der Waals surface area (Å²) in [7, 11) is 0. The van der Waals surface area contributed by atoms with E-state index in [1.54, 1.807) is 0 Å². The summed E-state index contributed by atoms with van der Waals surface area (Å²) < 4.78 is 1.10. The highest BCUT2D eigenvalue weighted by atomic mass is 79.9. The Morgan fingerprint density at radius 1 is 1.05 bits per heavy atom. The van der Waals surface area contributed by atoms with E-state index >= 15 is 0 Å². The van der Waals surface area contributed by atoms with E-state index in [1.165, 1.54) is 16.8 Å². The third-order valence-electron chi connectivity index (χ3n) is 4.46. The van der Waals surface area contributed by atoms with Crippen LogP contribution in [0.4, 0.5) is 5.69 Å². The monoisotopic (exact) mass is 338 g/mol. The summed E-state index contributed by atoms with van der Waals surface area (Å²) in [6.45, 7) is 2.11. The van der Waals surface area contributed by atoms with Crippen molar-refractivity contribution in [1.82, 2.24) is 0 Å². The smallest absolute Gasteiger partial charge is 0.126 e. The van der Waals surface area contributed by atoms with E-state index in [4.69, 9.17) is 9.98 Å². The van der Waals surface area contributed by atoms with Gasteiger partial charge in [0.2, 0.25) is 0 Å². The molecular weight excluding hydrogens is 324 g/mol. The van der Waals surface area contributed by atoms with Crippen molar-refractivity contribution in [3.8, 4) is 0 Å². The third kappa shape index (κ3) is 1.91. The number of rotatable bonds is 1. The Balaban J connectivity index is 1.81. The Bertz CT molecular complexity index is 774. The highest BCUT2D eigenvalue weighted by molar-refractivity contribution is 9.10. The second-order valence-corrected chi connectivity index (χ2v) is 6.56. The largest absolute Gasteiger partial charge is 0.272 e. The van der Waals surface area contributed by atoms with Gasteiger partial charge < -0.3 is 0 Å². The van der Waals surface area contributed by atoms with Crippen molar-refractivity contribution in [3.05, 3.63) is 64.1 Å². The normalized spacial score (nSPS) is 23.1. The average molecular weight is 339 g/mol. The fourth-order valence-corrected chi connectivity index (χ4v) is 3.60. The summed E-state index contributed by atoms with van der Waals surface area (Å²) >= 11 is 3.49. The van der Waals surface area contributed by atoms with Gasteiger partial charge in [-0.15, -0.1) is 0 Å². The van der Waals surface area contributed by atoms with E-state index in [2.05, 4.69) is 65.3 Å². The van der Waals surface area contributed by atoms with Crippen molar-refractivity contribution in [2.75, 3.05) is 0 Å². The summed E-state index contributed by atoms with van der Waals surface area (Å²) in [4.78, 5) is 9.84. The zero-order valence-electron chi connectivity index (χ0n) is 11.8. The van der Waals surface area contributed by atoms with Crippen LogP contribution in [0, 0.1) is 0 Å². The molecule has 2 nitrogen and oxygen atoms in total. The maximum atomic E-state index is 5.11. The SMILES string of the molecule is CC1=Nc2ccccc2C12CCC(c1ccc(Br)cc1)=N2. The molecule has 1 atom stereocenters. The van der Waals surface area contributed by atoms with Crippen LogP contribution in [0.5, 0.6) is 0 Å². The number of benzene rings is 2. The van der Waals surface area contributed by atoms with Gasteiger partial charge in [0.15, 0.2) is 0 Å². The number of hydrogen-bond donors (Lipinski definition) is 0. The van der Waals surface area contributed by atoms with Crippen LogP contribution in [-0.2, 0) is 5.54 Å². The lowest BCUT2D eigenvalue weighted by Gasteiger charge is -2.21. The fraction of sp³-hybridized carbons (Fsp3) is 0.222.